The van der Waals surface area contributed by atoms with Gasteiger partial charge in [-0.2, -0.15) is 0 Å². The van der Waals surface area contributed by atoms with Crippen molar-refractivity contribution >= 4 is 31.9 Å². The summed E-state index contributed by atoms with van der Waals surface area (Å²) in [6.07, 6.45) is 1.48. The summed E-state index contributed by atoms with van der Waals surface area (Å²) in [5.41, 5.74) is 7.77. The Morgan fingerprint density at radius 3 is 2.40 bits per heavy atom. The fraction of sp³-hybridized carbons (Fsp3) is 0.250. The lowest BCUT2D eigenvalue weighted by Crippen LogP contribution is -2.20. The monoisotopic (exact) mass is 399 g/mol. The molecule has 2 aromatic carbocycles. The van der Waals surface area contributed by atoms with Crippen molar-refractivity contribution in [2.45, 2.75) is 12.8 Å². The van der Waals surface area contributed by atoms with Gasteiger partial charge in [0.1, 0.15) is 5.82 Å². The Kier molecular flexibility index (Phi) is 5.75. The molecule has 20 heavy (non-hydrogen) atoms. The highest BCUT2D eigenvalue weighted by Crippen LogP contribution is 2.23. The van der Waals surface area contributed by atoms with Crippen molar-refractivity contribution in [2.75, 3.05) is 6.54 Å². The van der Waals surface area contributed by atoms with Crippen LogP contribution in [0.3, 0.4) is 0 Å². The number of halogens is 3. The zero-order valence-corrected chi connectivity index (χ0v) is 14.1. The number of rotatable bonds is 5. The molecule has 0 aliphatic heterocycles. The number of nitrogens with two attached hydrogens (primary N) is 1. The minimum Gasteiger partial charge on any atom is -0.330 e. The zero-order valence-electron chi connectivity index (χ0n) is 11.0. The summed E-state index contributed by atoms with van der Waals surface area (Å²) in [7, 11) is 0. The fourth-order valence-corrected chi connectivity index (χ4v) is 3.08. The molecular weight excluding hydrogens is 385 g/mol. The van der Waals surface area contributed by atoms with Crippen molar-refractivity contribution in [3.05, 3.63) is 68.4 Å². The topological polar surface area (TPSA) is 26.0 Å². The average Bonchev–Trinajstić information content (AvgIpc) is 2.44. The van der Waals surface area contributed by atoms with Crippen molar-refractivity contribution in [2.24, 2.45) is 11.7 Å². The Hall–Kier alpha value is -0.710. The summed E-state index contributed by atoms with van der Waals surface area (Å²) in [6, 6.07) is 13.1. The molecular formula is C16H16Br2FN. The molecule has 0 aliphatic rings. The maximum absolute atomic E-state index is 13.8. The molecule has 1 atom stereocenters. The van der Waals surface area contributed by atoms with E-state index in [0.29, 0.717) is 18.5 Å². The molecule has 2 aromatic rings. The number of hydrogen-bond donors (Lipinski definition) is 1. The maximum atomic E-state index is 13.8. The molecule has 2 N–H and O–H groups in total. The third-order valence-electron chi connectivity index (χ3n) is 3.32. The summed E-state index contributed by atoms with van der Waals surface area (Å²) >= 11 is 6.92. The van der Waals surface area contributed by atoms with E-state index in [-0.39, 0.29) is 11.7 Å². The van der Waals surface area contributed by atoms with Gasteiger partial charge >= 0.3 is 0 Å². The Morgan fingerprint density at radius 2 is 1.70 bits per heavy atom. The van der Waals surface area contributed by atoms with Crippen LogP contribution in [0.1, 0.15) is 11.1 Å². The highest BCUT2D eigenvalue weighted by molar-refractivity contribution is 9.10. The van der Waals surface area contributed by atoms with Crippen LogP contribution in [-0.2, 0) is 12.8 Å². The fourth-order valence-electron chi connectivity index (χ4n) is 2.22. The smallest absolute Gasteiger partial charge is 0.126 e. The van der Waals surface area contributed by atoms with Gasteiger partial charge in [0.15, 0.2) is 0 Å². The highest BCUT2D eigenvalue weighted by atomic mass is 79.9. The molecule has 0 saturated heterocycles. The largest absolute Gasteiger partial charge is 0.330 e. The van der Waals surface area contributed by atoms with Crippen molar-refractivity contribution in [3.8, 4) is 0 Å². The second kappa shape index (κ2) is 7.34. The van der Waals surface area contributed by atoms with Crippen molar-refractivity contribution < 1.29 is 4.39 Å². The molecule has 0 amide bonds. The highest BCUT2D eigenvalue weighted by Gasteiger charge is 2.13. The molecule has 0 aliphatic carbocycles. The van der Waals surface area contributed by atoms with Crippen LogP contribution in [0.5, 0.6) is 0 Å². The van der Waals surface area contributed by atoms with E-state index in [1.807, 2.05) is 24.3 Å². The molecule has 0 radical (unpaired) electrons. The Labute approximate surface area is 135 Å². The summed E-state index contributed by atoms with van der Waals surface area (Å²) in [4.78, 5) is 0. The van der Waals surface area contributed by atoms with Crippen LogP contribution in [-0.4, -0.2) is 6.54 Å². The first kappa shape index (κ1) is 15.7. The van der Waals surface area contributed by atoms with Gasteiger partial charge in [0.05, 0.1) is 0 Å². The minimum atomic E-state index is -0.168. The number of hydrogen-bond acceptors (Lipinski definition) is 1. The predicted molar refractivity (Wildman–Crippen MR) is 88.2 cm³/mol. The Morgan fingerprint density at radius 1 is 1.00 bits per heavy atom. The molecule has 2 rings (SSSR count). The first-order valence-electron chi connectivity index (χ1n) is 6.47. The second-order valence-corrected chi connectivity index (χ2v) is 6.61. The van der Waals surface area contributed by atoms with Crippen molar-refractivity contribution in [1.29, 1.82) is 0 Å². The van der Waals surface area contributed by atoms with E-state index < -0.39 is 0 Å². The van der Waals surface area contributed by atoms with E-state index in [1.54, 1.807) is 6.07 Å². The molecule has 0 fully saturated rings. The average molecular weight is 401 g/mol. The molecule has 0 bridgehead atoms. The third-order valence-corrected chi connectivity index (χ3v) is 4.58. The van der Waals surface area contributed by atoms with Gasteiger partial charge in [0, 0.05) is 8.95 Å². The number of benzene rings is 2. The molecule has 0 aromatic heterocycles. The van der Waals surface area contributed by atoms with Crippen LogP contribution < -0.4 is 5.73 Å². The summed E-state index contributed by atoms with van der Waals surface area (Å²) < 4.78 is 15.8. The van der Waals surface area contributed by atoms with Crippen molar-refractivity contribution in [1.82, 2.24) is 0 Å². The molecule has 0 spiro atoms. The van der Waals surface area contributed by atoms with Gasteiger partial charge < -0.3 is 5.73 Å². The van der Waals surface area contributed by atoms with Gasteiger partial charge in [-0.3, -0.25) is 0 Å². The third kappa shape index (κ3) is 4.14. The second-order valence-electron chi connectivity index (χ2n) is 4.84. The standard InChI is InChI=1S/C16H16Br2FN/c17-14-5-6-16(19)13(9-14)8-11(10-20)7-12-3-1-2-4-15(12)18/h1-6,9,11H,7-8,10,20H2. The van der Waals surface area contributed by atoms with Gasteiger partial charge in [-0.15, -0.1) is 0 Å². The lowest BCUT2D eigenvalue weighted by molar-refractivity contribution is 0.511. The van der Waals surface area contributed by atoms with E-state index in [1.165, 1.54) is 11.6 Å². The Bertz CT molecular complexity index is 586. The van der Waals surface area contributed by atoms with Crippen LogP contribution in [0.15, 0.2) is 51.4 Å². The molecule has 0 saturated carbocycles. The summed E-state index contributed by atoms with van der Waals surface area (Å²) in [5, 5.41) is 0. The summed E-state index contributed by atoms with van der Waals surface area (Å²) in [5.74, 6) is 0.0521. The van der Waals surface area contributed by atoms with Crippen LogP contribution >= 0.6 is 31.9 Å². The van der Waals surface area contributed by atoms with Crippen LogP contribution in [0.4, 0.5) is 4.39 Å². The lowest BCUT2D eigenvalue weighted by Gasteiger charge is -2.16. The van der Waals surface area contributed by atoms with E-state index >= 15 is 0 Å². The van der Waals surface area contributed by atoms with E-state index in [9.17, 15) is 4.39 Å². The normalized spacial score (nSPS) is 12.4. The molecule has 1 nitrogen and oxygen atoms in total. The Balaban J connectivity index is 2.13. The zero-order chi connectivity index (χ0) is 14.5. The molecule has 4 heteroatoms. The van der Waals surface area contributed by atoms with Gasteiger partial charge in [-0.05, 0) is 60.7 Å². The summed E-state index contributed by atoms with van der Waals surface area (Å²) in [6.45, 7) is 0.535. The van der Waals surface area contributed by atoms with E-state index in [2.05, 4.69) is 37.9 Å². The maximum Gasteiger partial charge on any atom is 0.126 e. The first-order chi connectivity index (χ1) is 9.60. The van der Waals surface area contributed by atoms with E-state index in [4.69, 9.17) is 5.73 Å². The lowest BCUT2D eigenvalue weighted by atomic mass is 9.92. The van der Waals surface area contributed by atoms with E-state index in [0.717, 1.165) is 15.4 Å². The predicted octanol–water partition coefficient (Wildman–Crippen LogP) is 4.71. The minimum absolute atomic E-state index is 0.168. The molecule has 0 heterocycles. The van der Waals surface area contributed by atoms with Crippen LogP contribution in [0, 0.1) is 11.7 Å². The molecule has 1 unspecified atom stereocenters. The van der Waals surface area contributed by atoms with Gasteiger partial charge in [-0.1, -0.05) is 50.1 Å². The van der Waals surface area contributed by atoms with Crippen LogP contribution in [0.2, 0.25) is 0 Å². The van der Waals surface area contributed by atoms with Gasteiger partial charge in [0.2, 0.25) is 0 Å². The SMILES string of the molecule is NCC(Cc1cc(Br)ccc1F)Cc1ccccc1Br. The van der Waals surface area contributed by atoms with Gasteiger partial charge in [0.25, 0.3) is 0 Å². The molecule has 106 valence electrons. The van der Waals surface area contributed by atoms with Gasteiger partial charge in [-0.25, -0.2) is 4.39 Å². The van der Waals surface area contributed by atoms with Crippen LogP contribution in [0.25, 0.3) is 0 Å². The first-order valence-corrected chi connectivity index (χ1v) is 8.06. The quantitative estimate of drug-likeness (QED) is 0.772. The van der Waals surface area contributed by atoms with Crippen molar-refractivity contribution in [3.63, 3.8) is 0 Å².